The van der Waals surface area contributed by atoms with Gasteiger partial charge in [0.1, 0.15) is 0 Å². The molecule has 0 aliphatic heterocycles. The maximum atomic E-state index is 11.1. The molecule has 4 nitrogen and oxygen atoms in total. The Hall–Kier alpha value is -1.34. The van der Waals surface area contributed by atoms with Gasteiger partial charge in [-0.3, -0.25) is 9.63 Å². The lowest BCUT2D eigenvalue weighted by atomic mass is 10.5. The normalized spacial score (nSPS) is 9.75. The summed E-state index contributed by atoms with van der Waals surface area (Å²) in [4.78, 5) is 16.1. The van der Waals surface area contributed by atoms with Gasteiger partial charge in [-0.25, -0.2) is 5.06 Å². The number of likely N-dealkylation sites (N-methyl/N-ethyl adjacent to an activating group) is 1. The molecule has 0 aromatic carbocycles. The molecule has 0 unspecified atom stereocenters. The number of hydrogen-bond acceptors (Lipinski definition) is 3. The summed E-state index contributed by atoms with van der Waals surface area (Å²) in [5, 5.41) is 9.35. The van der Waals surface area contributed by atoms with Crippen LogP contribution < -0.4 is 0 Å². The van der Waals surface area contributed by atoms with Gasteiger partial charge in [0, 0.05) is 18.7 Å². The molecule has 4 heteroatoms. The van der Waals surface area contributed by atoms with Crippen molar-refractivity contribution >= 4 is 5.91 Å². The number of carbonyl (C=O) groups is 1. The van der Waals surface area contributed by atoms with E-state index in [1.54, 1.807) is 19.9 Å². The second-order valence-electron chi connectivity index (χ2n) is 1.91. The molecule has 66 valence electrons. The zero-order chi connectivity index (χ0) is 9.40. The number of allylic oxidation sites excluding steroid dienone is 1. The predicted octanol–water partition coefficient (Wildman–Crippen LogP) is 0.866. The summed E-state index contributed by atoms with van der Waals surface area (Å²) in [5.41, 5.74) is 0. The van der Waals surface area contributed by atoms with Gasteiger partial charge in [0.25, 0.3) is 5.91 Å². The molecule has 0 rings (SSSR count). The van der Waals surface area contributed by atoms with Crippen molar-refractivity contribution in [3.8, 4) is 6.07 Å². The zero-order valence-corrected chi connectivity index (χ0v) is 7.28. The van der Waals surface area contributed by atoms with Gasteiger partial charge >= 0.3 is 0 Å². The highest BCUT2D eigenvalue weighted by Gasteiger charge is 2.06. The number of nitriles is 1. The Morgan fingerprint density at radius 3 is 2.75 bits per heavy atom. The van der Waals surface area contributed by atoms with Crippen LogP contribution in [-0.2, 0) is 9.63 Å². The second-order valence-corrected chi connectivity index (χ2v) is 1.91. The van der Waals surface area contributed by atoms with Crippen LogP contribution in [0.2, 0.25) is 0 Å². The molecule has 0 N–H and O–H groups in total. The van der Waals surface area contributed by atoms with E-state index in [0.717, 1.165) is 6.08 Å². The number of carbonyl (C=O) groups excluding carboxylic acids is 1. The summed E-state index contributed by atoms with van der Waals surface area (Å²) in [5.74, 6) is -0.305. The molecule has 0 radical (unpaired) electrons. The van der Waals surface area contributed by atoms with Gasteiger partial charge < -0.3 is 0 Å². The minimum atomic E-state index is -0.305. The first-order valence-electron chi connectivity index (χ1n) is 3.76. The van der Waals surface area contributed by atoms with Gasteiger partial charge in [-0.05, 0) is 13.8 Å². The van der Waals surface area contributed by atoms with Gasteiger partial charge in [0.2, 0.25) is 0 Å². The van der Waals surface area contributed by atoms with Crippen LogP contribution in [0.25, 0.3) is 0 Å². The average Bonchev–Trinajstić information content (AvgIpc) is 2.10. The fourth-order valence-electron chi connectivity index (χ4n) is 0.658. The van der Waals surface area contributed by atoms with E-state index < -0.39 is 0 Å². The number of hydroxylamine groups is 2. The number of hydrogen-bond donors (Lipinski definition) is 0. The fourth-order valence-corrected chi connectivity index (χ4v) is 0.658. The molecule has 0 aromatic heterocycles. The second kappa shape index (κ2) is 6.38. The molecule has 0 saturated heterocycles. The van der Waals surface area contributed by atoms with Gasteiger partial charge in [0.15, 0.2) is 0 Å². The molecule has 0 aliphatic carbocycles. The first-order valence-corrected chi connectivity index (χ1v) is 3.76. The summed E-state index contributed by atoms with van der Waals surface area (Å²) in [7, 11) is 0. The Morgan fingerprint density at radius 2 is 2.33 bits per heavy atom. The van der Waals surface area contributed by atoms with Crippen molar-refractivity contribution in [1.29, 1.82) is 5.26 Å². The molecule has 0 atom stereocenters. The van der Waals surface area contributed by atoms with Crippen LogP contribution in [0, 0.1) is 11.3 Å². The van der Waals surface area contributed by atoms with E-state index in [1.807, 2.05) is 0 Å². The molecule has 0 aromatic rings. The van der Waals surface area contributed by atoms with Crippen molar-refractivity contribution in [3.05, 3.63) is 12.2 Å². The van der Waals surface area contributed by atoms with E-state index in [0.29, 0.717) is 13.2 Å². The number of nitrogens with zero attached hydrogens (tertiary/aromatic N) is 2. The number of amides is 1. The Balaban J connectivity index is 4.04. The van der Waals surface area contributed by atoms with E-state index in [4.69, 9.17) is 10.1 Å². The summed E-state index contributed by atoms with van der Waals surface area (Å²) in [6.07, 6.45) is 2.31. The smallest absolute Gasteiger partial charge is 0.270 e. The Kier molecular flexibility index (Phi) is 5.66. The van der Waals surface area contributed by atoms with Gasteiger partial charge in [-0.15, -0.1) is 0 Å². The molecular weight excluding hydrogens is 156 g/mol. The standard InChI is InChI=1S/C8H12N2O2/c1-3-10(12-4-2)8(11)6-5-7-9/h5-6H,3-4H2,1-2H3/b6-5+. The third-order valence-electron chi connectivity index (χ3n) is 1.12. The van der Waals surface area contributed by atoms with Crippen molar-refractivity contribution in [2.75, 3.05) is 13.2 Å². The molecule has 0 aliphatic rings. The van der Waals surface area contributed by atoms with Gasteiger partial charge in [-0.1, -0.05) is 0 Å². The molecular formula is C8H12N2O2. The largest absolute Gasteiger partial charge is 0.271 e. The van der Waals surface area contributed by atoms with Crippen LogP contribution in [0.1, 0.15) is 13.8 Å². The maximum absolute atomic E-state index is 11.1. The molecule has 0 spiro atoms. The Morgan fingerprint density at radius 1 is 1.67 bits per heavy atom. The van der Waals surface area contributed by atoms with Crippen LogP contribution in [0.3, 0.4) is 0 Å². The molecule has 0 heterocycles. The third-order valence-corrected chi connectivity index (χ3v) is 1.12. The lowest BCUT2D eigenvalue weighted by Crippen LogP contribution is -2.29. The third kappa shape index (κ3) is 3.74. The van der Waals surface area contributed by atoms with Crippen LogP contribution in [0.15, 0.2) is 12.2 Å². The van der Waals surface area contributed by atoms with Gasteiger partial charge in [-0.2, -0.15) is 5.26 Å². The first-order chi connectivity index (χ1) is 5.76. The van der Waals surface area contributed by atoms with Crippen molar-refractivity contribution in [2.24, 2.45) is 0 Å². The number of rotatable bonds is 4. The SMILES string of the molecule is CCON(CC)C(=O)/C=C/C#N. The van der Waals surface area contributed by atoms with Crippen LogP contribution in [0.4, 0.5) is 0 Å². The fraction of sp³-hybridized carbons (Fsp3) is 0.500. The van der Waals surface area contributed by atoms with Crippen LogP contribution in [-0.4, -0.2) is 24.1 Å². The molecule has 0 bridgehead atoms. The zero-order valence-electron chi connectivity index (χ0n) is 7.28. The van der Waals surface area contributed by atoms with E-state index in [9.17, 15) is 4.79 Å². The summed E-state index contributed by atoms with van der Waals surface area (Å²) in [6, 6.07) is 1.74. The maximum Gasteiger partial charge on any atom is 0.270 e. The Bertz CT molecular complexity index is 206. The highest BCUT2D eigenvalue weighted by atomic mass is 16.7. The van der Waals surface area contributed by atoms with Crippen LogP contribution >= 0.6 is 0 Å². The Labute approximate surface area is 72.0 Å². The molecule has 0 saturated carbocycles. The first kappa shape index (κ1) is 10.7. The van der Waals surface area contributed by atoms with Crippen molar-refractivity contribution in [3.63, 3.8) is 0 Å². The summed E-state index contributed by atoms with van der Waals surface area (Å²) < 4.78 is 0. The van der Waals surface area contributed by atoms with E-state index in [1.165, 1.54) is 11.1 Å². The molecule has 1 amide bonds. The highest BCUT2D eigenvalue weighted by Crippen LogP contribution is 1.92. The predicted molar refractivity (Wildman–Crippen MR) is 43.8 cm³/mol. The monoisotopic (exact) mass is 168 g/mol. The summed E-state index contributed by atoms with van der Waals surface area (Å²) in [6.45, 7) is 4.51. The van der Waals surface area contributed by atoms with E-state index in [2.05, 4.69) is 0 Å². The van der Waals surface area contributed by atoms with Crippen molar-refractivity contribution in [1.82, 2.24) is 5.06 Å². The minimum absolute atomic E-state index is 0.305. The summed E-state index contributed by atoms with van der Waals surface area (Å²) >= 11 is 0. The lowest BCUT2D eigenvalue weighted by molar-refractivity contribution is -0.177. The topological polar surface area (TPSA) is 53.3 Å². The average molecular weight is 168 g/mol. The molecule has 12 heavy (non-hydrogen) atoms. The lowest BCUT2D eigenvalue weighted by Gasteiger charge is -2.16. The minimum Gasteiger partial charge on any atom is -0.271 e. The highest BCUT2D eigenvalue weighted by molar-refractivity contribution is 5.87. The molecule has 0 fully saturated rings. The van der Waals surface area contributed by atoms with Crippen molar-refractivity contribution < 1.29 is 9.63 Å². The van der Waals surface area contributed by atoms with E-state index >= 15 is 0 Å². The quantitative estimate of drug-likeness (QED) is 0.355. The van der Waals surface area contributed by atoms with Crippen LogP contribution in [0.5, 0.6) is 0 Å². The van der Waals surface area contributed by atoms with Gasteiger partial charge in [0.05, 0.1) is 12.7 Å². The van der Waals surface area contributed by atoms with Crippen molar-refractivity contribution in [2.45, 2.75) is 13.8 Å². The van der Waals surface area contributed by atoms with E-state index in [-0.39, 0.29) is 5.91 Å².